The highest BCUT2D eigenvalue weighted by atomic mass is 16.3. The van der Waals surface area contributed by atoms with E-state index in [1.807, 2.05) is 0 Å². The number of benzene rings is 1. The Morgan fingerprint density at radius 2 is 1.85 bits per heavy atom. The number of carbonyl (C=O) groups excluding carboxylic acids is 1. The number of nitrogens with two attached hydrogens (primary N) is 1. The number of hydrogen-bond acceptors (Lipinski definition) is 5. The molecule has 2 aliphatic rings. The van der Waals surface area contributed by atoms with E-state index in [2.05, 4.69) is 17.1 Å². The molecule has 2 fully saturated rings. The number of anilines is 1. The Bertz CT molecular complexity index is 607. The lowest BCUT2D eigenvalue weighted by Crippen LogP contribution is -2.52. The quantitative estimate of drug-likeness (QED) is 0.605. The molecule has 5 N–H and O–H groups in total. The van der Waals surface area contributed by atoms with Gasteiger partial charge in [-0.2, -0.15) is 0 Å². The van der Waals surface area contributed by atoms with E-state index in [4.69, 9.17) is 10.8 Å². The first-order valence-electron chi connectivity index (χ1n) is 10.1. The maximum atomic E-state index is 11.3. The first-order chi connectivity index (χ1) is 12.9. The van der Waals surface area contributed by atoms with Crippen LogP contribution in [-0.2, 0) is 0 Å². The van der Waals surface area contributed by atoms with E-state index in [0.29, 0.717) is 22.8 Å². The summed E-state index contributed by atoms with van der Waals surface area (Å²) >= 11 is 0. The third kappa shape index (κ3) is 5.84. The Morgan fingerprint density at radius 3 is 2.41 bits per heavy atom. The zero-order valence-electron chi connectivity index (χ0n) is 16.7. The summed E-state index contributed by atoms with van der Waals surface area (Å²) in [6, 6.07) is 5.05. The molecule has 1 heterocycles. The maximum absolute atomic E-state index is 11.3. The fourth-order valence-electron chi connectivity index (χ4n) is 4.22. The fourth-order valence-corrected chi connectivity index (χ4v) is 4.22. The molecular weight excluding hydrogens is 342 g/mol. The first-order valence-corrected chi connectivity index (χ1v) is 10.1. The Morgan fingerprint density at radius 1 is 1.26 bits per heavy atom. The summed E-state index contributed by atoms with van der Waals surface area (Å²) in [5, 5.41) is 21.0. The molecule has 1 aromatic carbocycles. The van der Waals surface area contributed by atoms with Crippen LogP contribution in [0.4, 0.5) is 5.69 Å². The Hall–Kier alpha value is -1.79. The number of piperidine rings is 1. The van der Waals surface area contributed by atoms with Crippen molar-refractivity contribution in [2.75, 3.05) is 25.0 Å². The van der Waals surface area contributed by atoms with Gasteiger partial charge in [0.15, 0.2) is 0 Å². The summed E-state index contributed by atoms with van der Waals surface area (Å²) in [5.41, 5.74) is 6.72. The van der Waals surface area contributed by atoms with Crippen LogP contribution in [0.5, 0.6) is 5.75 Å². The lowest BCUT2D eigenvalue weighted by atomic mass is 9.80. The summed E-state index contributed by atoms with van der Waals surface area (Å²) in [6.45, 7) is 6.52. The van der Waals surface area contributed by atoms with Gasteiger partial charge in [0, 0.05) is 36.8 Å². The molecule has 1 amide bonds. The molecular formula is C21H35N3O3. The third-order valence-electron chi connectivity index (χ3n) is 5.83. The normalized spacial score (nSPS) is 20.4. The van der Waals surface area contributed by atoms with Gasteiger partial charge in [-0.25, -0.2) is 0 Å². The zero-order valence-corrected chi connectivity index (χ0v) is 16.7. The summed E-state index contributed by atoms with van der Waals surface area (Å²) in [6.07, 6.45) is 8.80. The van der Waals surface area contributed by atoms with E-state index in [-0.39, 0.29) is 12.4 Å². The summed E-state index contributed by atoms with van der Waals surface area (Å²) in [7, 11) is 0. The van der Waals surface area contributed by atoms with Gasteiger partial charge in [0.05, 0.1) is 5.69 Å². The highest BCUT2D eigenvalue weighted by Crippen LogP contribution is 2.35. The van der Waals surface area contributed by atoms with Crippen molar-refractivity contribution >= 4 is 11.6 Å². The van der Waals surface area contributed by atoms with E-state index in [9.17, 15) is 9.90 Å². The van der Waals surface area contributed by atoms with E-state index in [1.54, 1.807) is 19.1 Å². The molecule has 1 aromatic rings. The number of aliphatic hydroxyl groups is 1. The second-order valence-electron chi connectivity index (χ2n) is 7.88. The number of phenols is 1. The van der Waals surface area contributed by atoms with Gasteiger partial charge in [-0.15, -0.1) is 0 Å². The molecule has 0 atom stereocenters. The minimum atomic E-state index is -0.474. The van der Waals surface area contributed by atoms with E-state index >= 15 is 0 Å². The van der Waals surface area contributed by atoms with Crippen LogP contribution in [0.25, 0.3) is 0 Å². The first kappa shape index (κ1) is 21.5. The number of nitrogens with zero attached hydrogens (tertiary/aromatic N) is 1. The number of rotatable bonds is 4. The fraction of sp³-hybridized carbons (Fsp3) is 0.667. The van der Waals surface area contributed by atoms with E-state index in [0.717, 1.165) is 25.9 Å². The molecule has 1 aliphatic heterocycles. The van der Waals surface area contributed by atoms with Crippen molar-refractivity contribution in [2.24, 2.45) is 5.73 Å². The molecule has 3 rings (SSSR count). The summed E-state index contributed by atoms with van der Waals surface area (Å²) in [5.74, 6) is -0.306. The van der Waals surface area contributed by atoms with Gasteiger partial charge >= 0.3 is 0 Å². The highest BCUT2D eigenvalue weighted by Gasteiger charge is 2.35. The van der Waals surface area contributed by atoms with Crippen LogP contribution in [0.1, 0.15) is 69.2 Å². The zero-order chi connectivity index (χ0) is 19.9. The molecule has 0 unspecified atom stereocenters. The molecule has 6 heteroatoms. The van der Waals surface area contributed by atoms with Crippen molar-refractivity contribution < 1.29 is 15.0 Å². The molecule has 0 aromatic heterocycles. The molecule has 1 aliphatic carbocycles. The Labute approximate surface area is 162 Å². The standard InChI is InChI=1S/C19H29N3O2.C2H6O/c1-19(9-3-2-4-10-19)22-11-7-15(8-12-22)21-16-13-14(18(20)24)5-6-17(16)23;1-2-3/h5-6,13,15,21,23H,2-4,7-12H2,1H3,(H2,20,24);3H,2H2,1H3. The second kappa shape index (κ2) is 9.95. The van der Waals surface area contributed by atoms with Crippen LogP contribution in [0.3, 0.4) is 0 Å². The predicted octanol–water partition coefficient (Wildman–Crippen LogP) is 3.09. The Balaban J connectivity index is 0.000000817. The van der Waals surface area contributed by atoms with Crippen molar-refractivity contribution in [1.82, 2.24) is 4.90 Å². The lowest BCUT2D eigenvalue weighted by molar-refractivity contribution is 0.0457. The van der Waals surface area contributed by atoms with Crippen LogP contribution in [0, 0.1) is 0 Å². The van der Waals surface area contributed by atoms with E-state index in [1.165, 1.54) is 38.2 Å². The van der Waals surface area contributed by atoms with Crippen molar-refractivity contribution in [3.8, 4) is 5.75 Å². The third-order valence-corrected chi connectivity index (χ3v) is 5.83. The molecule has 27 heavy (non-hydrogen) atoms. The van der Waals surface area contributed by atoms with E-state index < -0.39 is 5.91 Å². The molecule has 0 spiro atoms. The summed E-state index contributed by atoms with van der Waals surface area (Å²) < 4.78 is 0. The number of phenolic OH excluding ortho intramolecular Hbond substituents is 1. The highest BCUT2D eigenvalue weighted by molar-refractivity contribution is 5.94. The Kier molecular flexibility index (Phi) is 7.92. The number of amides is 1. The van der Waals surface area contributed by atoms with Crippen molar-refractivity contribution in [3.05, 3.63) is 23.8 Å². The number of hydrogen-bond donors (Lipinski definition) is 4. The number of primary amides is 1. The smallest absolute Gasteiger partial charge is 0.248 e. The predicted molar refractivity (Wildman–Crippen MR) is 109 cm³/mol. The van der Waals surface area contributed by atoms with Crippen LogP contribution in [-0.4, -0.2) is 52.3 Å². The number of likely N-dealkylation sites (tertiary alicyclic amines) is 1. The minimum absolute atomic E-state index is 0.168. The molecule has 152 valence electrons. The summed E-state index contributed by atoms with van der Waals surface area (Å²) in [4.78, 5) is 14.0. The SMILES string of the molecule is CC1(N2CCC(Nc3cc(C(N)=O)ccc3O)CC2)CCCCC1.CCO. The number of aliphatic hydroxyl groups excluding tert-OH is 1. The van der Waals surface area contributed by atoms with Gasteiger partial charge in [0.2, 0.25) is 5.91 Å². The molecule has 1 saturated heterocycles. The van der Waals surface area contributed by atoms with Crippen molar-refractivity contribution in [2.45, 2.75) is 70.4 Å². The van der Waals surface area contributed by atoms with Crippen LogP contribution in [0.2, 0.25) is 0 Å². The average Bonchev–Trinajstić information content (AvgIpc) is 2.65. The van der Waals surface area contributed by atoms with Gasteiger partial charge < -0.3 is 21.3 Å². The number of nitrogens with one attached hydrogen (secondary N) is 1. The molecule has 6 nitrogen and oxygen atoms in total. The largest absolute Gasteiger partial charge is 0.506 e. The molecule has 0 bridgehead atoms. The average molecular weight is 378 g/mol. The van der Waals surface area contributed by atoms with Crippen molar-refractivity contribution in [1.29, 1.82) is 0 Å². The molecule has 0 radical (unpaired) electrons. The van der Waals surface area contributed by atoms with Gasteiger partial charge in [0.1, 0.15) is 5.75 Å². The maximum Gasteiger partial charge on any atom is 0.248 e. The van der Waals surface area contributed by atoms with Gasteiger partial charge in [0.25, 0.3) is 0 Å². The lowest BCUT2D eigenvalue weighted by Gasteiger charge is -2.47. The number of aromatic hydroxyl groups is 1. The van der Waals surface area contributed by atoms with Gasteiger partial charge in [-0.3, -0.25) is 9.69 Å². The van der Waals surface area contributed by atoms with Crippen LogP contribution < -0.4 is 11.1 Å². The topological polar surface area (TPSA) is 98.8 Å². The van der Waals surface area contributed by atoms with Crippen molar-refractivity contribution in [3.63, 3.8) is 0 Å². The van der Waals surface area contributed by atoms with Gasteiger partial charge in [-0.05, 0) is 57.7 Å². The minimum Gasteiger partial charge on any atom is -0.506 e. The molecule has 1 saturated carbocycles. The van der Waals surface area contributed by atoms with Crippen LogP contribution in [0.15, 0.2) is 18.2 Å². The number of carbonyl (C=O) groups is 1. The van der Waals surface area contributed by atoms with Crippen LogP contribution >= 0.6 is 0 Å². The van der Waals surface area contributed by atoms with Gasteiger partial charge in [-0.1, -0.05) is 19.3 Å². The monoisotopic (exact) mass is 377 g/mol. The second-order valence-corrected chi connectivity index (χ2v) is 7.88.